The molecule has 1 aliphatic rings. The summed E-state index contributed by atoms with van der Waals surface area (Å²) in [6.07, 6.45) is 1.21. The highest BCUT2D eigenvalue weighted by atomic mass is 35.5. The summed E-state index contributed by atoms with van der Waals surface area (Å²) in [5.74, 6) is 0. The molecule has 2 heterocycles. The van der Waals surface area contributed by atoms with Gasteiger partial charge in [0.1, 0.15) is 10.3 Å². The number of likely N-dealkylation sites (tertiary alicyclic amines) is 1. The summed E-state index contributed by atoms with van der Waals surface area (Å²) in [6, 6.07) is 4.40. The van der Waals surface area contributed by atoms with E-state index in [9.17, 15) is 0 Å². The molecule has 94 valence electrons. The van der Waals surface area contributed by atoms with E-state index in [1.807, 2.05) is 6.07 Å². The van der Waals surface area contributed by atoms with Crippen LogP contribution in [0, 0.1) is 0 Å². The second-order valence-electron chi connectivity index (χ2n) is 4.73. The first-order chi connectivity index (χ1) is 8.06. The molecule has 0 aliphatic carbocycles. The summed E-state index contributed by atoms with van der Waals surface area (Å²) < 4.78 is 0. The number of pyridine rings is 1. The van der Waals surface area contributed by atoms with Crippen LogP contribution in [0.2, 0.25) is 10.3 Å². The van der Waals surface area contributed by atoms with Gasteiger partial charge in [-0.1, -0.05) is 29.3 Å². The minimum atomic E-state index is 0.450. The summed E-state index contributed by atoms with van der Waals surface area (Å²) in [4.78, 5) is 8.75. The summed E-state index contributed by atoms with van der Waals surface area (Å²) in [7, 11) is 4.26. The number of nitrogens with zero attached hydrogens (tertiary/aromatic N) is 3. The van der Waals surface area contributed by atoms with Gasteiger partial charge < -0.3 is 4.90 Å². The van der Waals surface area contributed by atoms with Crippen molar-refractivity contribution < 1.29 is 0 Å². The van der Waals surface area contributed by atoms with Gasteiger partial charge in [-0.05, 0) is 26.6 Å². The molecule has 0 radical (unpaired) electrons. The second-order valence-corrected chi connectivity index (χ2v) is 5.47. The van der Waals surface area contributed by atoms with Crippen molar-refractivity contribution in [2.45, 2.75) is 19.0 Å². The van der Waals surface area contributed by atoms with Gasteiger partial charge in [-0.3, -0.25) is 4.90 Å². The van der Waals surface area contributed by atoms with Crippen LogP contribution in [0.3, 0.4) is 0 Å². The molecule has 0 aromatic carbocycles. The first-order valence-electron chi connectivity index (χ1n) is 5.76. The predicted octanol–water partition coefficient (Wildman–Crippen LogP) is 2.52. The van der Waals surface area contributed by atoms with E-state index in [0.717, 1.165) is 25.2 Å². The quantitative estimate of drug-likeness (QED) is 0.789. The Labute approximate surface area is 112 Å². The van der Waals surface area contributed by atoms with E-state index < -0.39 is 0 Å². The van der Waals surface area contributed by atoms with Crippen molar-refractivity contribution in [3.63, 3.8) is 0 Å². The Morgan fingerprint density at radius 3 is 2.76 bits per heavy atom. The predicted molar refractivity (Wildman–Crippen MR) is 71.6 cm³/mol. The van der Waals surface area contributed by atoms with Crippen molar-refractivity contribution in [3.8, 4) is 0 Å². The van der Waals surface area contributed by atoms with E-state index in [4.69, 9.17) is 23.2 Å². The SMILES string of the molecule is CN(C)C1CCN(Cc2ccc(Cl)nc2Cl)C1. The molecule has 17 heavy (non-hydrogen) atoms. The summed E-state index contributed by atoms with van der Waals surface area (Å²) in [5.41, 5.74) is 1.05. The van der Waals surface area contributed by atoms with Crippen molar-refractivity contribution in [3.05, 3.63) is 28.0 Å². The standard InChI is InChI=1S/C12H17Cl2N3/c1-16(2)10-5-6-17(8-10)7-9-3-4-11(13)15-12(9)14/h3-4,10H,5-8H2,1-2H3. The minimum Gasteiger partial charge on any atom is -0.305 e. The van der Waals surface area contributed by atoms with E-state index in [0.29, 0.717) is 16.3 Å². The van der Waals surface area contributed by atoms with Crippen LogP contribution in [0.4, 0.5) is 0 Å². The number of aromatic nitrogens is 1. The number of rotatable bonds is 3. The summed E-state index contributed by atoms with van der Waals surface area (Å²) in [5, 5.41) is 0.970. The zero-order valence-corrected chi connectivity index (χ0v) is 11.7. The second kappa shape index (κ2) is 5.53. The third-order valence-electron chi connectivity index (χ3n) is 3.26. The highest BCUT2D eigenvalue weighted by Gasteiger charge is 2.24. The highest BCUT2D eigenvalue weighted by molar-refractivity contribution is 6.32. The Morgan fingerprint density at radius 1 is 1.41 bits per heavy atom. The van der Waals surface area contributed by atoms with E-state index in [2.05, 4.69) is 28.9 Å². The largest absolute Gasteiger partial charge is 0.305 e. The summed E-state index contributed by atoms with van der Waals surface area (Å²) >= 11 is 11.9. The molecule has 0 N–H and O–H groups in total. The maximum atomic E-state index is 6.07. The van der Waals surface area contributed by atoms with E-state index in [-0.39, 0.29) is 0 Å². The molecule has 1 saturated heterocycles. The van der Waals surface area contributed by atoms with Crippen LogP contribution in [0.15, 0.2) is 12.1 Å². The average Bonchev–Trinajstić information content (AvgIpc) is 2.71. The highest BCUT2D eigenvalue weighted by Crippen LogP contribution is 2.21. The number of likely N-dealkylation sites (N-methyl/N-ethyl adjacent to an activating group) is 1. The van der Waals surface area contributed by atoms with Crippen LogP contribution in [-0.4, -0.2) is 48.0 Å². The fraction of sp³-hybridized carbons (Fsp3) is 0.583. The molecule has 1 aromatic rings. The summed E-state index contributed by atoms with van der Waals surface area (Å²) in [6.45, 7) is 3.06. The Bertz CT molecular complexity index is 395. The average molecular weight is 274 g/mol. The molecular weight excluding hydrogens is 257 g/mol. The third-order valence-corrected chi connectivity index (χ3v) is 3.80. The van der Waals surface area contributed by atoms with E-state index >= 15 is 0 Å². The van der Waals surface area contributed by atoms with Crippen LogP contribution < -0.4 is 0 Å². The van der Waals surface area contributed by atoms with Crippen molar-refractivity contribution in [1.82, 2.24) is 14.8 Å². The van der Waals surface area contributed by atoms with Crippen molar-refractivity contribution in [2.75, 3.05) is 27.2 Å². The van der Waals surface area contributed by atoms with Crippen LogP contribution in [0.25, 0.3) is 0 Å². The van der Waals surface area contributed by atoms with Crippen molar-refractivity contribution in [2.24, 2.45) is 0 Å². The van der Waals surface area contributed by atoms with Crippen molar-refractivity contribution >= 4 is 23.2 Å². The van der Waals surface area contributed by atoms with Gasteiger partial charge in [0.25, 0.3) is 0 Å². The zero-order chi connectivity index (χ0) is 12.4. The topological polar surface area (TPSA) is 19.4 Å². The van der Waals surface area contributed by atoms with Gasteiger partial charge >= 0.3 is 0 Å². The molecule has 2 rings (SSSR count). The van der Waals surface area contributed by atoms with Crippen LogP contribution in [0.1, 0.15) is 12.0 Å². The Balaban J connectivity index is 1.98. The molecular formula is C12H17Cl2N3. The molecule has 0 amide bonds. The number of hydrogen-bond donors (Lipinski definition) is 0. The zero-order valence-electron chi connectivity index (χ0n) is 10.2. The van der Waals surface area contributed by atoms with Crippen LogP contribution in [-0.2, 0) is 6.54 Å². The van der Waals surface area contributed by atoms with Gasteiger partial charge in [-0.25, -0.2) is 4.98 Å². The fourth-order valence-electron chi connectivity index (χ4n) is 2.18. The lowest BCUT2D eigenvalue weighted by molar-refractivity contribution is 0.264. The molecule has 1 aliphatic heterocycles. The fourth-order valence-corrected chi connectivity index (χ4v) is 2.58. The lowest BCUT2D eigenvalue weighted by Gasteiger charge is -2.20. The molecule has 1 aromatic heterocycles. The number of hydrogen-bond acceptors (Lipinski definition) is 3. The van der Waals surface area contributed by atoms with Crippen LogP contribution >= 0.6 is 23.2 Å². The molecule has 1 unspecified atom stereocenters. The molecule has 3 nitrogen and oxygen atoms in total. The van der Waals surface area contributed by atoms with Gasteiger partial charge in [0.15, 0.2) is 0 Å². The van der Waals surface area contributed by atoms with Gasteiger partial charge in [0.2, 0.25) is 0 Å². The Hall–Kier alpha value is -0.350. The van der Waals surface area contributed by atoms with Gasteiger partial charge in [0.05, 0.1) is 0 Å². The maximum absolute atomic E-state index is 6.07. The lowest BCUT2D eigenvalue weighted by atomic mass is 10.2. The molecule has 0 bridgehead atoms. The lowest BCUT2D eigenvalue weighted by Crippen LogP contribution is -2.31. The van der Waals surface area contributed by atoms with Crippen LogP contribution in [0.5, 0.6) is 0 Å². The monoisotopic (exact) mass is 273 g/mol. The smallest absolute Gasteiger partial charge is 0.135 e. The maximum Gasteiger partial charge on any atom is 0.135 e. The normalized spacial score (nSPS) is 21.4. The van der Waals surface area contributed by atoms with Gasteiger partial charge in [-0.2, -0.15) is 0 Å². The van der Waals surface area contributed by atoms with E-state index in [1.165, 1.54) is 6.42 Å². The first-order valence-corrected chi connectivity index (χ1v) is 6.51. The molecule has 5 heteroatoms. The van der Waals surface area contributed by atoms with Gasteiger partial charge in [0, 0.05) is 31.2 Å². The van der Waals surface area contributed by atoms with E-state index in [1.54, 1.807) is 6.07 Å². The Morgan fingerprint density at radius 2 is 2.18 bits per heavy atom. The Kier molecular flexibility index (Phi) is 4.26. The van der Waals surface area contributed by atoms with Crippen molar-refractivity contribution in [1.29, 1.82) is 0 Å². The minimum absolute atomic E-state index is 0.450. The molecule has 0 spiro atoms. The molecule has 1 fully saturated rings. The molecule has 1 atom stereocenters. The molecule has 0 saturated carbocycles. The first kappa shape index (κ1) is 13.1. The van der Waals surface area contributed by atoms with Gasteiger partial charge in [-0.15, -0.1) is 0 Å². The third kappa shape index (κ3) is 3.32. The number of halogens is 2.